The molecule has 0 radical (unpaired) electrons. The smallest absolute Gasteiger partial charge is 0.169 e. The topological polar surface area (TPSA) is 26.3 Å². The zero-order valence-electron chi connectivity index (χ0n) is 10.1. The summed E-state index contributed by atoms with van der Waals surface area (Å²) in [6.45, 7) is 3.61. The Labute approximate surface area is 105 Å². The second-order valence-electron chi connectivity index (χ2n) is 3.90. The van der Waals surface area contributed by atoms with Crippen LogP contribution in [0.1, 0.15) is 22.2 Å². The number of carbonyl (C=O) groups excluding carboxylic acids is 1. The molecule has 0 atom stereocenters. The van der Waals surface area contributed by atoms with Crippen molar-refractivity contribution in [3.63, 3.8) is 0 Å². The van der Waals surface area contributed by atoms with Gasteiger partial charge in [-0.05, 0) is 55.3 Å². The zero-order chi connectivity index (χ0) is 12.4. The van der Waals surface area contributed by atoms with Gasteiger partial charge < -0.3 is 4.74 Å². The molecule has 0 saturated heterocycles. The Bertz CT molecular complexity index is 555. The molecule has 1 aromatic heterocycles. The maximum atomic E-state index is 11.2. The highest BCUT2D eigenvalue weighted by atomic mass is 32.1. The molecule has 2 nitrogen and oxygen atoms in total. The first kappa shape index (κ1) is 11.9. The van der Waals surface area contributed by atoms with Crippen LogP contribution in [0, 0.1) is 6.92 Å². The third-order valence-electron chi connectivity index (χ3n) is 2.63. The summed E-state index contributed by atoms with van der Waals surface area (Å²) in [7, 11) is 1.67. The SMILES string of the molecule is COc1ccc(-c2ccc(C(C)=O)s2)cc1C. The standard InChI is InChI=1S/C14H14O2S/c1-9-8-11(4-5-12(9)16-3)14-7-6-13(17-14)10(2)15/h4-8H,1-3H3. The Morgan fingerprint density at radius 3 is 2.53 bits per heavy atom. The fourth-order valence-corrected chi connectivity index (χ4v) is 2.61. The average molecular weight is 246 g/mol. The van der Waals surface area contributed by atoms with E-state index in [-0.39, 0.29) is 5.78 Å². The first-order chi connectivity index (χ1) is 8.11. The summed E-state index contributed by atoms with van der Waals surface area (Å²) in [4.78, 5) is 13.2. The molecule has 1 heterocycles. The summed E-state index contributed by atoms with van der Waals surface area (Å²) in [5, 5.41) is 0. The number of ether oxygens (including phenoxy) is 1. The minimum absolute atomic E-state index is 0.117. The number of aryl methyl sites for hydroxylation is 1. The third kappa shape index (κ3) is 2.39. The van der Waals surface area contributed by atoms with Crippen molar-refractivity contribution in [3.8, 4) is 16.2 Å². The van der Waals surface area contributed by atoms with Crippen molar-refractivity contribution in [1.82, 2.24) is 0 Å². The molecular weight excluding hydrogens is 232 g/mol. The van der Waals surface area contributed by atoms with Crippen molar-refractivity contribution >= 4 is 17.1 Å². The summed E-state index contributed by atoms with van der Waals surface area (Å²) >= 11 is 1.53. The molecule has 0 saturated carbocycles. The van der Waals surface area contributed by atoms with Gasteiger partial charge in [0, 0.05) is 4.88 Å². The quantitative estimate of drug-likeness (QED) is 0.767. The van der Waals surface area contributed by atoms with Crippen LogP contribution >= 0.6 is 11.3 Å². The summed E-state index contributed by atoms with van der Waals surface area (Å²) in [5.41, 5.74) is 2.23. The molecule has 17 heavy (non-hydrogen) atoms. The predicted octanol–water partition coefficient (Wildman–Crippen LogP) is 3.93. The lowest BCUT2D eigenvalue weighted by Gasteiger charge is -2.05. The number of Topliss-reactive ketones (excluding diaryl/α,β-unsaturated/α-hetero) is 1. The number of thiophene rings is 1. The molecule has 0 spiro atoms. The van der Waals surface area contributed by atoms with Crippen molar-refractivity contribution < 1.29 is 9.53 Å². The minimum atomic E-state index is 0.117. The van der Waals surface area contributed by atoms with Crippen molar-refractivity contribution in [2.75, 3.05) is 7.11 Å². The van der Waals surface area contributed by atoms with Crippen LogP contribution in [0.3, 0.4) is 0 Å². The largest absolute Gasteiger partial charge is 0.496 e. The first-order valence-electron chi connectivity index (χ1n) is 5.37. The van der Waals surface area contributed by atoms with Gasteiger partial charge in [0.1, 0.15) is 5.75 Å². The minimum Gasteiger partial charge on any atom is -0.496 e. The van der Waals surface area contributed by atoms with Crippen molar-refractivity contribution in [2.24, 2.45) is 0 Å². The van der Waals surface area contributed by atoms with Crippen LogP contribution < -0.4 is 4.74 Å². The van der Waals surface area contributed by atoms with E-state index in [0.29, 0.717) is 0 Å². The number of methoxy groups -OCH3 is 1. The zero-order valence-corrected chi connectivity index (χ0v) is 10.9. The number of benzene rings is 1. The molecular formula is C14H14O2S. The van der Waals surface area contributed by atoms with E-state index in [9.17, 15) is 4.79 Å². The molecule has 2 rings (SSSR count). The van der Waals surface area contributed by atoms with Crippen LogP contribution in [0.4, 0.5) is 0 Å². The second-order valence-corrected chi connectivity index (χ2v) is 4.99. The number of hydrogen-bond donors (Lipinski definition) is 0. The molecule has 0 aliphatic heterocycles. The van der Waals surface area contributed by atoms with Gasteiger partial charge in [-0.3, -0.25) is 4.79 Å². The van der Waals surface area contributed by atoms with E-state index in [1.165, 1.54) is 11.3 Å². The molecule has 0 aliphatic rings. The Morgan fingerprint density at radius 1 is 1.24 bits per heavy atom. The fraction of sp³-hybridized carbons (Fsp3) is 0.214. The van der Waals surface area contributed by atoms with Crippen LogP contribution in [0.5, 0.6) is 5.75 Å². The molecule has 3 heteroatoms. The van der Waals surface area contributed by atoms with E-state index in [1.54, 1.807) is 14.0 Å². The van der Waals surface area contributed by atoms with Gasteiger partial charge in [0.05, 0.1) is 12.0 Å². The Hall–Kier alpha value is -1.61. The average Bonchev–Trinajstić information content (AvgIpc) is 2.78. The van der Waals surface area contributed by atoms with Crippen LogP contribution in [0.25, 0.3) is 10.4 Å². The van der Waals surface area contributed by atoms with Crippen molar-refractivity contribution in [2.45, 2.75) is 13.8 Å². The molecule has 88 valence electrons. The Balaban J connectivity index is 2.39. The highest BCUT2D eigenvalue weighted by Gasteiger charge is 2.07. The van der Waals surface area contributed by atoms with Crippen molar-refractivity contribution in [1.29, 1.82) is 0 Å². The van der Waals surface area contributed by atoms with E-state index in [2.05, 4.69) is 6.07 Å². The van der Waals surface area contributed by atoms with Crippen LogP contribution in [0.2, 0.25) is 0 Å². The molecule has 2 aromatic rings. The molecule has 0 fully saturated rings. The summed E-state index contributed by atoms with van der Waals surface area (Å²) in [5.74, 6) is 1.00. The normalized spacial score (nSPS) is 10.3. The lowest BCUT2D eigenvalue weighted by atomic mass is 10.1. The van der Waals surface area contributed by atoms with Gasteiger partial charge in [0.25, 0.3) is 0 Å². The van der Waals surface area contributed by atoms with E-state index in [1.807, 2.05) is 31.2 Å². The van der Waals surface area contributed by atoms with Gasteiger partial charge in [0.2, 0.25) is 0 Å². The molecule has 0 aliphatic carbocycles. The summed E-state index contributed by atoms with van der Waals surface area (Å²) < 4.78 is 5.23. The van der Waals surface area contributed by atoms with Gasteiger partial charge in [-0.15, -0.1) is 11.3 Å². The lowest BCUT2D eigenvalue weighted by Crippen LogP contribution is -1.86. The molecule has 0 unspecified atom stereocenters. The van der Waals surface area contributed by atoms with Crippen molar-refractivity contribution in [3.05, 3.63) is 40.8 Å². The third-order valence-corrected chi connectivity index (χ3v) is 3.87. The molecule has 1 aromatic carbocycles. The van der Waals surface area contributed by atoms with E-state index < -0.39 is 0 Å². The number of carbonyl (C=O) groups is 1. The Kier molecular flexibility index (Phi) is 3.29. The lowest BCUT2D eigenvalue weighted by molar-refractivity contribution is 0.102. The first-order valence-corrected chi connectivity index (χ1v) is 6.19. The highest BCUT2D eigenvalue weighted by Crippen LogP contribution is 2.31. The fourth-order valence-electron chi connectivity index (χ4n) is 1.71. The second kappa shape index (κ2) is 4.72. The summed E-state index contributed by atoms with van der Waals surface area (Å²) in [6, 6.07) is 9.92. The number of ketones is 1. The summed E-state index contributed by atoms with van der Waals surface area (Å²) in [6.07, 6.45) is 0. The van der Waals surface area contributed by atoms with E-state index in [4.69, 9.17) is 4.74 Å². The maximum Gasteiger partial charge on any atom is 0.169 e. The number of rotatable bonds is 3. The monoisotopic (exact) mass is 246 g/mol. The van der Waals surface area contributed by atoms with Gasteiger partial charge in [-0.25, -0.2) is 0 Å². The molecule has 0 amide bonds. The van der Waals surface area contributed by atoms with Crippen LogP contribution in [0.15, 0.2) is 30.3 Å². The van der Waals surface area contributed by atoms with Crippen LogP contribution in [-0.2, 0) is 0 Å². The predicted molar refractivity (Wildman–Crippen MR) is 71.0 cm³/mol. The van der Waals surface area contributed by atoms with Gasteiger partial charge >= 0.3 is 0 Å². The Morgan fingerprint density at radius 2 is 2.00 bits per heavy atom. The van der Waals surface area contributed by atoms with Gasteiger partial charge in [0.15, 0.2) is 5.78 Å². The maximum absolute atomic E-state index is 11.2. The van der Waals surface area contributed by atoms with E-state index in [0.717, 1.165) is 26.6 Å². The van der Waals surface area contributed by atoms with Gasteiger partial charge in [-0.1, -0.05) is 0 Å². The number of hydrogen-bond acceptors (Lipinski definition) is 3. The highest BCUT2D eigenvalue weighted by molar-refractivity contribution is 7.17. The van der Waals surface area contributed by atoms with E-state index >= 15 is 0 Å². The molecule has 0 bridgehead atoms. The van der Waals surface area contributed by atoms with Crippen LogP contribution in [-0.4, -0.2) is 12.9 Å². The molecule has 0 N–H and O–H groups in total. The van der Waals surface area contributed by atoms with Gasteiger partial charge in [-0.2, -0.15) is 0 Å².